The lowest BCUT2D eigenvalue weighted by Gasteiger charge is -2.26. The molecular formula is C25H35FN2. The summed E-state index contributed by atoms with van der Waals surface area (Å²) in [5, 5.41) is 8.66. The van der Waals surface area contributed by atoms with Crippen LogP contribution in [0.2, 0.25) is 0 Å². The van der Waals surface area contributed by atoms with Gasteiger partial charge >= 0.3 is 0 Å². The topological polar surface area (TPSA) is 25.8 Å². The lowest BCUT2D eigenvalue weighted by atomic mass is 9.80. The first-order chi connectivity index (χ1) is 13.7. The van der Waals surface area contributed by atoms with Crippen molar-refractivity contribution in [1.29, 1.82) is 0 Å². The van der Waals surface area contributed by atoms with Gasteiger partial charge in [0.25, 0.3) is 0 Å². The third-order valence-corrected chi connectivity index (χ3v) is 6.31. The second-order valence-corrected chi connectivity index (χ2v) is 8.69. The van der Waals surface area contributed by atoms with Crippen molar-refractivity contribution in [2.75, 3.05) is 0 Å². The number of hydrogen-bond acceptors (Lipinski definition) is 2. The highest BCUT2D eigenvalue weighted by Gasteiger charge is 2.18. The van der Waals surface area contributed by atoms with Crippen molar-refractivity contribution in [2.24, 2.45) is 11.8 Å². The van der Waals surface area contributed by atoms with E-state index in [0.717, 1.165) is 60.0 Å². The molecule has 1 heterocycles. The van der Waals surface area contributed by atoms with Gasteiger partial charge in [-0.25, -0.2) is 4.39 Å². The molecule has 3 rings (SSSR count). The molecule has 1 aromatic carbocycles. The minimum atomic E-state index is -0.105. The molecule has 152 valence electrons. The van der Waals surface area contributed by atoms with E-state index in [4.69, 9.17) is 0 Å². The predicted molar refractivity (Wildman–Crippen MR) is 115 cm³/mol. The van der Waals surface area contributed by atoms with E-state index in [1.807, 2.05) is 24.3 Å². The normalized spacial score (nSPS) is 19.7. The zero-order chi connectivity index (χ0) is 19.8. The lowest BCUT2D eigenvalue weighted by molar-refractivity contribution is 0.277. The predicted octanol–water partition coefficient (Wildman–Crippen LogP) is 7.16. The van der Waals surface area contributed by atoms with Gasteiger partial charge in [-0.1, -0.05) is 70.9 Å². The number of halogens is 1. The van der Waals surface area contributed by atoms with Gasteiger partial charge in [0.15, 0.2) is 0 Å². The van der Waals surface area contributed by atoms with E-state index in [1.165, 1.54) is 44.9 Å². The molecule has 1 aliphatic rings. The SMILES string of the molecule is CCCCCCc1ccc(-c2ccc(CCC3CCC(C)CC3)c(F)c2)nn1. The Kier molecular flexibility index (Phi) is 8.00. The van der Waals surface area contributed by atoms with Gasteiger partial charge in [-0.15, -0.1) is 0 Å². The average Bonchev–Trinajstić information content (AvgIpc) is 2.72. The molecular weight excluding hydrogens is 347 g/mol. The second-order valence-electron chi connectivity index (χ2n) is 8.69. The van der Waals surface area contributed by atoms with Gasteiger partial charge in [0.05, 0.1) is 11.4 Å². The maximum atomic E-state index is 14.6. The Bertz CT molecular complexity index is 718. The molecule has 28 heavy (non-hydrogen) atoms. The van der Waals surface area contributed by atoms with Crippen LogP contribution in [0.4, 0.5) is 4.39 Å². The highest BCUT2D eigenvalue weighted by Crippen LogP contribution is 2.31. The number of hydrogen-bond donors (Lipinski definition) is 0. The summed E-state index contributed by atoms with van der Waals surface area (Å²) < 4.78 is 14.6. The molecule has 1 aliphatic carbocycles. The Morgan fingerprint density at radius 1 is 0.929 bits per heavy atom. The molecule has 0 aliphatic heterocycles. The monoisotopic (exact) mass is 382 g/mol. The highest BCUT2D eigenvalue weighted by atomic mass is 19.1. The van der Waals surface area contributed by atoms with Crippen LogP contribution in [0.25, 0.3) is 11.3 Å². The highest BCUT2D eigenvalue weighted by molar-refractivity contribution is 5.59. The maximum absolute atomic E-state index is 14.6. The third kappa shape index (κ3) is 6.12. The van der Waals surface area contributed by atoms with Gasteiger partial charge < -0.3 is 0 Å². The molecule has 1 aromatic heterocycles. The second kappa shape index (κ2) is 10.7. The fraction of sp³-hybridized carbons (Fsp3) is 0.600. The number of unbranched alkanes of at least 4 members (excludes halogenated alkanes) is 3. The fourth-order valence-electron chi connectivity index (χ4n) is 4.27. The Balaban J connectivity index is 1.54. The molecule has 0 atom stereocenters. The molecule has 0 amide bonds. The van der Waals surface area contributed by atoms with E-state index in [2.05, 4.69) is 24.0 Å². The lowest BCUT2D eigenvalue weighted by Crippen LogP contribution is -2.13. The van der Waals surface area contributed by atoms with Gasteiger partial charge in [0, 0.05) is 5.56 Å². The van der Waals surface area contributed by atoms with Crippen LogP contribution in [0.1, 0.15) is 82.9 Å². The van der Waals surface area contributed by atoms with Crippen molar-refractivity contribution in [3.63, 3.8) is 0 Å². The van der Waals surface area contributed by atoms with Crippen molar-refractivity contribution in [3.05, 3.63) is 47.4 Å². The van der Waals surface area contributed by atoms with E-state index in [0.29, 0.717) is 0 Å². The number of benzene rings is 1. The standard InChI is InChI=1S/C25H35FN2/c1-3-4-5-6-7-23-16-17-25(28-27-23)22-15-14-21(24(26)18-22)13-12-20-10-8-19(2)9-11-20/h14-20H,3-13H2,1-2H3. The van der Waals surface area contributed by atoms with Crippen molar-refractivity contribution in [3.8, 4) is 11.3 Å². The zero-order valence-corrected chi connectivity index (χ0v) is 17.6. The van der Waals surface area contributed by atoms with Crippen LogP contribution in [0.15, 0.2) is 30.3 Å². The first-order valence-corrected chi connectivity index (χ1v) is 11.3. The van der Waals surface area contributed by atoms with Crippen LogP contribution in [-0.2, 0) is 12.8 Å². The van der Waals surface area contributed by atoms with Gasteiger partial charge in [-0.2, -0.15) is 10.2 Å². The molecule has 2 nitrogen and oxygen atoms in total. The average molecular weight is 383 g/mol. The first kappa shape index (κ1) is 21.0. The van der Waals surface area contributed by atoms with Crippen molar-refractivity contribution in [2.45, 2.75) is 84.5 Å². The zero-order valence-electron chi connectivity index (χ0n) is 17.6. The summed E-state index contributed by atoms with van der Waals surface area (Å²) in [5.74, 6) is 1.54. The number of nitrogens with zero attached hydrogens (tertiary/aromatic N) is 2. The van der Waals surface area contributed by atoms with E-state index >= 15 is 0 Å². The van der Waals surface area contributed by atoms with Gasteiger partial charge in [-0.05, 0) is 61.3 Å². The number of rotatable bonds is 9. The Labute approximate surface area is 170 Å². The molecule has 3 heteroatoms. The largest absolute Gasteiger partial charge is 0.207 e. The van der Waals surface area contributed by atoms with Gasteiger partial charge in [0.1, 0.15) is 5.82 Å². The summed E-state index contributed by atoms with van der Waals surface area (Å²) in [6.07, 6.45) is 13.1. The smallest absolute Gasteiger partial charge is 0.127 e. The number of aromatic nitrogens is 2. The van der Waals surface area contributed by atoms with E-state index in [1.54, 1.807) is 6.07 Å². The van der Waals surface area contributed by atoms with E-state index in [-0.39, 0.29) is 5.82 Å². The quantitative estimate of drug-likeness (QED) is 0.430. The Hall–Kier alpha value is -1.77. The van der Waals surface area contributed by atoms with Crippen LogP contribution in [0.5, 0.6) is 0 Å². The van der Waals surface area contributed by atoms with Crippen LogP contribution < -0.4 is 0 Å². The summed E-state index contributed by atoms with van der Waals surface area (Å²) in [4.78, 5) is 0. The first-order valence-electron chi connectivity index (χ1n) is 11.3. The summed E-state index contributed by atoms with van der Waals surface area (Å²) in [5.41, 5.74) is 3.43. The molecule has 2 aromatic rings. The van der Waals surface area contributed by atoms with Crippen LogP contribution in [-0.4, -0.2) is 10.2 Å². The summed E-state index contributed by atoms with van der Waals surface area (Å²) in [7, 11) is 0. The Morgan fingerprint density at radius 2 is 1.75 bits per heavy atom. The van der Waals surface area contributed by atoms with Crippen molar-refractivity contribution in [1.82, 2.24) is 10.2 Å². The molecule has 0 bridgehead atoms. The van der Waals surface area contributed by atoms with E-state index in [9.17, 15) is 4.39 Å². The Morgan fingerprint density at radius 3 is 2.43 bits per heavy atom. The summed E-state index contributed by atoms with van der Waals surface area (Å²) in [6, 6.07) is 9.57. The molecule has 0 saturated heterocycles. The molecule has 0 radical (unpaired) electrons. The van der Waals surface area contributed by atoms with Crippen molar-refractivity contribution < 1.29 is 4.39 Å². The van der Waals surface area contributed by atoms with E-state index < -0.39 is 0 Å². The fourth-order valence-corrected chi connectivity index (χ4v) is 4.27. The molecule has 1 fully saturated rings. The third-order valence-electron chi connectivity index (χ3n) is 6.31. The number of aryl methyl sites for hydroxylation is 2. The van der Waals surface area contributed by atoms with Gasteiger partial charge in [-0.3, -0.25) is 0 Å². The van der Waals surface area contributed by atoms with Gasteiger partial charge in [0.2, 0.25) is 0 Å². The van der Waals surface area contributed by atoms with Crippen molar-refractivity contribution >= 4 is 0 Å². The molecule has 0 N–H and O–H groups in total. The molecule has 0 unspecified atom stereocenters. The molecule has 0 spiro atoms. The van der Waals surface area contributed by atoms with Crippen LogP contribution >= 0.6 is 0 Å². The molecule has 1 saturated carbocycles. The van der Waals surface area contributed by atoms with Crippen LogP contribution in [0, 0.1) is 17.7 Å². The summed E-state index contributed by atoms with van der Waals surface area (Å²) in [6.45, 7) is 4.56. The maximum Gasteiger partial charge on any atom is 0.127 e. The van der Waals surface area contributed by atoms with Crippen LogP contribution in [0.3, 0.4) is 0 Å². The summed E-state index contributed by atoms with van der Waals surface area (Å²) >= 11 is 0. The minimum Gasteiger partial charge on any atom is -0.207 e. The minimum absolute atomic E-state index is 0.105.